The van der Waals surface area contributed by atoms with Crippen LogP contribution in [-0.2, 0) is 0 Å². The van der Waals surface area contributed by atoms with Crippen LogP contribution in [0.5, 0.6) is 5.88 Å². The molecule has 2 aromatic carbocycles. The predicted octanol–water partition coefficient (Wildman–Crippen LogP) is 2.82. The maximum absolute atomic E-state index is 5.42. The fraction of sp³-hybridized carbons (Fsp3) is 0.133. The number of anilines is 1. The molecule has 2 heterocycles. The second-order valence-electron chi connectivity index (χ2n) is 4.61. The first-order valence-electron chi connectivity index (χ1n) is 6.34. The van der Waals surface area contributed by atoms with Crippen molar-refractivity contribution in [3.8, 4) is 5.88 Å². The number of hydrogen-bond acceptors (Lipinski definition) is 5. The Labute approximate surface area is 115 Å². The van der Waals surface area contributed by atoms with Gasteiger partial charge in [0.15, 0.2) is 0 Å². The Morgan fingerprint density at radius 2 is 1.65 bits per heavy atom. The zero-order valence-corrected chi connectivity index (χ0v) is 11.1. The van der Waals surface area contributed by atoms with E-state index in [1.807, 2.05) is 31.3 Å². The lowest BCUT2D eigenvalue weighted by Crippen LogP contribution is -1.99. The summed E-state index contributed by atoms with van der Waals surface area (Å²) < 4.78 is 5.42. The van der Waals surface area contributed by atoms with Gasteiger partial charge in [0.05, 0.1) is 18.1 Å². The molecule has 4 aromatic rings. The van der Waals surface area contributed by atoms with Gasteiger partial charge in [0, 0.05) is 28.6 Å². The van der Waals surface area contributed by atoms with E-state index in [0.29, 0.717) is 5.88 Å². The van der Waals surface area contributed by atoms with Gasteiger partial charge in [0.2, 0.25) is 5.88 Å². The van der Waals surface area contributed by atoms with Gasteiger partial charge in [0.1, 0.15) is 12.1 Å². The van der Waals surface area contributed by atoms with Crippen molar-refractivity contribution in [2.75, 3.05) is 19.5 Å². The number of benzene rings is 2. The molecule has 5 heteroatoms. The zero-order valence-electron chi connectivity index (χ0n) is 11.1. The smallest absolute Gasteiger partial charge is 0.223 e. The minimum absolute atomic E-state index is 0.611. The van der Waals surface area contributed by atoms with Crippen molar-refractivity contribution >= 4 is 38.4 Å². The molecule has 0 aliphatic carbocycles. The van der Waals surface area contributed by atoms with Gasteiger partial charge >= 0.3 is 0 Å². The number of ether oxygens (including phenoxy) is 1. The lowest BCUT2D eigenvalue weighted by Gasteiger charge is -2.14. The molecule has 2 aromatic heterocycles. The van der Waals surface area contributed by atoms with E-state index in [1.165, 1.54) is 0 Å². The summed E-state index contributed by atoms with van der Waals surface area (Å²) in [6.07, 6.45) is 1.59. The molecule has 20 heavy (non-hydrogen) atoms. The number of hydrogen-bond donors (Lipinski definition) is 1. The third kappa shape index (κ3) is 1.29. The number of aromatic nitrogens is 3. The quantitative estimate of drug-likeness (QED) is 0.564. The largest absolute Gasteiger partial charge is 0.480 e. The molecule has 0 aliphatic rings. The van der Waals surface area contributed by atoms with E-state index in [-0.39, 0.29) is 0 Å². The van der Waals surface area contributed by atoms with E-state index in [2.05, 4.69) is 20.3 Å². The van der Waals surface area contributed by atoms with Crippen LogP contribution >= 0.6 is 0 Å². The number of nitrogens with one attached hydrogen (secondary N) is 1. The number of nitrogens with zero attached hydrogens (tertiary/aromatic N) is 3. The van der Waals surface area contributed by atoms with Gasteiger partial charge in [-0.3, -0.25) is 0 Å². The van der Waals surface area contributed by atoms with Crippen LogP contribution in [0.15, 0.2) is 30.6 Å². The maximum atomic E-state index is 5.42. The third-order valence-corrected chi connectivity index (χ3v) is 3.64. The van der Waals surface area contributed by atoms with Crippen LogP contribution in [0.1, 0.15) is 0 Å². The summed E-state index contributed by atoms with van der Waals surface area (Å²) in [7, 11) is 3.49. The van der Waals surface area contributed by atoms with Crippen LogP contribution in [0.25, 0.3) is 32.6 Å². The van der Waals surface area contributed by atoms with E-state index in [9.17, 15) is 0 Å². The molecule has 0 unspecified atom stereocenters. The van der Waals surface area contributed by atoms with Crippen molar-refractivity contribution < 1.29 is 4.74 Å². The van der Waals surface area contributed by atoms with Crippen LogP contribution in [0.4, 0.5) is 5.82 Å². The molecule has 4 rings (SSSR count). The highest BCUT2D eigenvalue weighted by Gasteiger charge is 2.16. The summed E-state index contributed by atoms with van der Waals surface area (Å²) >= 11 is 0. The van der Waals surface area contributed by atoms with Gasteiger partial charge in [-0.1, -0.05) is 0 Å². The van der Waals surface area contributed by atoms with Crippen LogP contribution in [0.2, 0.25) is 0 Å². The van der Waals surface area contributed by atoms with E-state index in [4.69, 9.17) is 4.74 Å². The fourth-order valence-electron chi connectivity index (χ4n) is 2.77. The van der Waals surface area contributed by atoms with E-state index < -0.39 is 0 Å². The Bertz CT molecular complexity index is 866. The Hall–Kier alpha value is -2.69. The van der Waals surface area contributed by atoms with Crippen LogP contribution in [-0.4, -0.2) is 29.1 Å². The summed E-state index contributed by atoms with van der Waals surface area (Å²) in [6.45, 7) is 0. The van der Waals surface area contributed by atoms with Gasteiger partial charge in [-0.15, -0.1) is 0 Å². The highest BCUT2D eigenvalue weighted by Crippen LogP contribution is 2.38. The van der Waals surface area contributed by atoms with E-state index in [1.54, 1.807) is 13.4 Å². The molecule has 0 fully saturated rings. The second-order valence-corrected chi connectivity index (χ2v) is 4.61. The highest BCUT2D eigenvalue weighted by atomic mass is 16.5. The van der Waals surface area contributed by atoms with Crippen LogP contribution in [0.3, 0.4) is 0 Å². The normalized spacial score (nSPS) is 11.5. The SMILES string of the molecule is CNc1nc(OC)c2ccc3ncnc4ccc1c2c43. The monoisotopic (exact) mass is 264 g/mol. The summed E-state index contributed by atoms with van der Waals surface area (Å²) in [5, 5.41) is 7.31. The van der Waals surface area contributed by atoms with Gasteiger partial charge in [-0.25, -0.2) is 9.97 Å². The number of rotatable bonds is 2. The lowest BCUT2D eigenvalue weighted by atomic mass is 10.00. The number of pyridine rings is 1. The molecule has 0 atom stereocenters. The Kier molecular flexibility index (Phi) is 2.18. The molecular formula is C15H12N4O. The Balaban J connectivity index is 2.37. The molecule has 0 saturated carbocycles. The molecule has 5 nitrogen and oxygen atoms in total. The molecule has 98 valence electrons. The lowest BCUT2D eigenvalue weighted by molar-refractivity contribution is 0.404. The minimum Gasteiger partial charge on any atom is -0.480 e. The van der Waals surface area contributed by atoms with Crippen LogP contribution < -0.4 is 10.1 Å². The Morgan fingerprint density at radius 3 is 2.30 bits per heavy atom. The van der Waals surface area contributed by atoms with Gasteiger partial charge in [-0.2, -0.15) is 4.98 Å². The molecule has 0 aliphatic heterocycles. The van der Waals surface area contributed by atoms with Crippen molar-refractivity contribution in [1.29, 1.82) is 0 Å². The summed E-state index contributed by atoms with van der Waals surface area (Å²) in [5.41, 5.74) is 1.87. The highest BCUT2D eigenvalue weighted by molar-refractivity contribution is 6.24. The summed E-state index contributed by atoms with van der Waals surface area (Å²) in [5.74, 6) is 1.41. The van der Waals surface area contributed by atoms with Crippen molar-refractivity contribution in [3.63, 3.8) is 0 Å². The molecule has 0 amide bonds. The first-order valence-corrected chi connectivity index (χ1v) is 6.34. The second kappa shape index (κ2) is 3.90. The Morgan fingerprint density at radius 1 is 0.950 bits per heavy atom. The predicted molar refractivity (Wildman–Crippen MR) is 79.6 cm³/mol. The molecular weight excluding hydrogens is 252 g/mol. The topological polar surface area (TPSA) is 59.9 Å². The first kappa shape index (κ1) is 11.2. The number of methoxy groups -OCH3 is 1. The maximum Gasteiger partial charge on any atom is 0.223 e. The average molecular weight is 264 g/mol. The average Bonchev–Trinajstić information content (AvgIpc) is 2.52. The van der Waals surface area contributed by atoms with Gasteiger partial charge in [0.25, 0.3) is 0 Å². The molecule has 0 radical (unpaired) electrons. The van der Waals surface area contributed by atoms with E-state index in [0.717, 1.165) is 38.4 Å². The zero-order chi connectivity index (χ0) is 13.7. The van der Waals surface area contributed by atoms with E-state index >= 15 is 0 Å². The van der Waals surface area contributed by atoms with Crippen molar-refractivity contribution in [2.24, 2.45) is 0 Å². The minimum atomic E-state index is 0.611. The third-order valence-electron chi connectivity index (χ3n) is 3.64. The van der Waals surface area contributed by atoms with Gasteiger partial charge in [-0.05, 0) is 24.3 Å². The summed E-state index contributed by atoms with van der Waals surface area (Å²) in [6, 6.07) is 8.02. The first-order chi connectivity index (χ1) is 9.83. The standard InChI is InChI=1S/C15H12N4O/c1-16-14-8-3-5-10-13-11(18-7-17-10)6-4-9(12(8)13)15(19-14)20-2/h3-7H,1-2H3,(H,16,19). The van der Waals surface area contributed by atoms with Gasteiger partial charge < -0.3 is 10.1 Å². The van der Waals surface area contributed by atoms with Crippen molar-refractivity contribution in [3.05, 3.63) is 30.6 Å². The molecule has 0 saturated heterocycles. The molecule has 1 N–H and O–H groups in total. The molecule has 0 bridgehead atoms. The molecule has 0 spiro atoms. The fourth-order valence-corrected chi connectivity index (χ4v) is 2.77. The van der Waals surface area contributed by atoms with Crippen molar-refractivity contribution in [2.45, 2.75) is 0 Å². The van der Waals surface area contributed by atoms with Crippen LogP contribution in [0, 0.1) is 0 Å². The summed E-state index contributed by atoms with van der Waals surface area (Å²) in [4.78, 5) is 13.2. The van der Waals surface area contributed by atoms with Crippen molar-refractivity contribution in [1.82, 2.24) is 15.0 Å².